The first-order chi connectivity index (χ1) is 9.97. The molecular formula is C16H15N3O. The summed E-state index contributed by atoms with van der Waals surface area (Å²) in [7, 11) is 0. The smallest absolute Gasteiger partial charge is 0.163 e. The van der Waals surface area contributed by atoms with Gasteiger partial charge in [-0.3, -0.25) is 0 Å². The molecule has 1 aliphatic heterocycles. The fraction of sp³-hybridized carbons (Fsp3) is 0.0625. The molecule has 1 aliphatic rings. The van der Waals surface area contributed by atoms with Gasteiger partial charge in [-0.1, -0.05) is 60.7 Å². The van der Waals surface area contributed by atoms with Gasteiger partial charge in [0.05, 0.1) is 11.5 Å². The Morgan fingerprint density at radius 2 is 1.60 bits per heavy atom. The third-order valence-electron chi connectivity index (χ3n) is 2.49. The van der Waals surface area contributed by atoms with E-state index in [1.54, 1.807) is 12.3 Å². The topological polar surface area (TPSA) is 46.3 Å². The monoisotopic (exact) mass is 265 g/mol. The van der Waals surface area contributed by atoms with Crippen LogP contribution in [-0.2, 0) is 6.42 Å². The van der Waals surface area contributed by atoms with Crippen molar-refractivity contribution < 1.29 is 4.84 Å². The molecule has 4 nitrogen and oxygen atoms in total. The second kappa shape index (κ2) is 8.37. The predicted octanol–water partition coefficient (Wildman–Crippen LogP) is 4.20. The van der Waals surface area contributed by atoms with E-state index >= 15 is 0 Å². The predicted molar refractivity (Wildman–Crippen MR) is 80.7 cm³/mol. The van der Waals surface area contributed by atoms with E-state index in [2.05, 4.69) is 21.7 Å². The quantitative estimate of drug-likeness (QED) is 0.693. The van der Waals surface area contributed by atoms with E-state index in [0.29, 0.717) is 5.75 Å². The van der Waals surface area contributed by atoms with Crippen LogP contribution in [0.25, 0.3) is 0 Å². The molecule has 20 heavy (non-hydrogen) atoms. The lowest BCUT2D eigenvalue weighted by molar-refractivity contribution is 0.303. The third kappa shape index (κ3) is 4.86. The van der Waals surface area contributed by atoms with Crippen LogP contribution < -0.4 is 4.84 Å². The van der Waals surface area contributed by atoms with Crippen LogP contribution in [0.5, 0.6) is 5.75 Å². The maximum absolute atomic E-state index is 5.24. The molecule has 0 saturated carbocycles. The van der Waals surface area contributed by atoms with Crippen LogP contribution in [0, 0.1) is 0 Å². The Morgan fingerprint density at radius 3 is 2.50 bits per heavy atom. The molecule has 0 saturated heterocycles. The Kier molecular flexibility index (Phi) is 5.72. The minimum absolute atomic E-state index is 0.683. The molecule has 0 aliphatic carbocycles. The average molecular weight is 265 g/mol. The zero-order chi connectivity index (χ0) is 13.9. The van der Waals surface area contributed by atoms with E-state index in [1.807, 2.05) is 60.7 Å². The number of nitrogens with zero attached hydrogens (tertiary/aromatic N) is 3. The van der Waals surface area contributed by atoms with Crippen LogP contribution in [0.3, 0.4) is 0 Å². The van der Waals surface area contributed by atoms with Gasteiger partial charge in [0.2, 0.25) is 0 Å². The van der Waals surface area contributed by atoms with E-state index in [9.17, 15) is 0 Å². The van der Waals surface area contributed by atoms with Crippen molar-refractivity contribution in [2.24, 2.45) is 15.6 Å². The summed E-state index contributed by atoms with van der Waals surface area (Å²) in [6.07, 6.45) is 17.8. The van der Waals surface area contributed by atoms with Crippen molar-refractivity contribution in [3.05, 3.63) is 78.4 Å². The van der Waals surface area contributed by atoms with Gasteiger partial charge in [0, 0.05) is 5.56 Å². The highest BCUT2D eigenvalue weighted by Crippen LogP contribution is 2.19. The number of rotatable bonds is 0. The van der Waals surface area contributed by atoms with Gasteiger partial charge in [0.25, 0.3) is 0 Å². The minimum atomic E-state index is 0.683. The van der Waals surface area contributed by atoms with Crippen LogP contribution in [0.1, 0.15) is 5.56 Å². The molecule has 0 aromatic heterocycles. The summed E-state index contributed by atoms with van der Waals surface area (Å²) < 4.78 is 0. The van der Waals surface area contributed by atoms with E-state index < -0.39 is 0 Å². The van der Waals surface area contributed by atoms with E-state index in [4.69, 9.17) is 4.84 Å². The number of benzene rings is 1. The highest BCUT2D eigenvalue weighted by molar-refractivity contribution is 5.71. The lowest BCUT2D eigenvalue weighted by atomic mass is 10.1. The van der Waals surface area contributed by atoms with Crippen molar-refractivity contribution in [2.45, 2.75) is 6.42 Å². The summed E-state index contributed by atoms with van der Waals surface area (Å²) >= 11 is 0. The zero-order valence-electron chi connectivity index (χ0n) is 11.0. The molecule has 2 rings (SSSR count). The van der Waals surface area contributed by atoms with Gasteiger partial charge in [0.15, 0.2) is 5.75 Å². The summed E-state index contributed by atoms with van der Waals surface area (Å²) in [4.78, 5) is 5.24. The fourth-order valence-corrected chi connectivity index (χ4v) is 1.56. The maximum Gasteiger partial charge on any atom is 0.163 e. The van der Waals surface area contributed by atoms with Gasteiger partial charge in [-0.15, -0.1) is 5.10 Å². The van der Waals surface area contributed by atoms with Gasteiger partial charge in [-0.25, -0.2) is 0 Å². The number of para-hydroxylation sites is 1. The van der Waals surface area contributed by atoms with Crippen molar-refractivity contribution in [2.75, 3.05) is 0 Å². The molecule has 0 bridgehead atoms. The molecule has 1 heterocycles. The second-order valence-corrected chi connectivity index (χ2v) is 3.92. The highest BCUT2D eigenvalue weighted by Gasteiger charge is 2.00. The van der Waals surface area contributed by atoms with Gasteiger partial charge >= 0.3 is 0 Å². The van der Waals surface area contributed by atoms with Crippen molar-refractivity contribution in [3.63, 3.8) is 0 Å². The number of hydrogen-bond acceptors (Lipinski definition) is 4. The summed E-state index contributed by atoms with van der Waals surface area (Å²) in [5.74, 6) is 0.683. The molecule has 1 aromatic carbocycles. The Bertz CT molecular complexity index is 542. The first-order valence-corrected chi connectivity index (χ1v) is 6.30. The fourth-order valence-electron chi connectivity index (χ4n) is 1.56. The molecule has 0 radical (unpaired) electrons. The Labute approximate surface area is 118 Å². The molecule has 4 heteroatoms. The number of allylic oxidation sites excluding steroid dienone is 8. The lowest BCUT2D eigenvalue weighted by Gasteiger charge is -2.02. The summed E-state index contributed by atoms with van der Waals surface area (Å²) in [6, 6.07) is 7.71. The first kappa shape index (κ1) is 13.7. The molecule has 100 valence electrons. The Morgan fingerprint density at radius 1 is 0.850 bits per heavy atom. The van der Waals surface area contributed by atoms with Gasteiger partial charge < -0.3 is 4.84 Å². The van der Waals surface area contributed by atoms with Crippen molar-refractivity contribution in [3.8, 4) is 5.75 Å². The van der Waals surface area contributed by atoms with E-state index in [0.717, 1.165) is 12.0 Å². The van der Waals surface area contributed by atoms with E-state index in [-0.39, 0.29) is 0 Å². The molecular weight excluding hydrogens is 250 g/mol. The molecule has 0 N–H and O–H groups in total. The van der Waals surface area contributed by atoms with Crippen molar-refractivity contribution in [1.29, 1.82) is 0 Å². The Hall–Kier alpha value is -2.75. The SMILES string of the molecule is C1=CC=CC=NN=NOc2ccccc2CC=CC=C1. The Balaban J connectivity index is 2.19. The summed E-state index contributed by atoms with van der Waals surface area (Å²) in [5.41, 5.74) is 1.04. The first-order valence-electron chi connectivity index (χ1n) is 6.30. The largest absolute Gasteiger partial charge is 0.338 e. The molecule has 0 fully saturated rings. The molecule has 1 aromatic rings. The van der Waals surface area contributed by atoms with E-state index in [1.165, 1.54) is 0 Å². The molecule has 0 amide bonds. The molecule has 0 unspecified atom stereocenters. The van der Waals surface area contributed by atoms with Crippen molar-refractivity contribution >= 4 is 6.21 Å². The summed E-state index contributed by atoms with van der Waals surface area (Å²) in [6.45, 7) is 0. The molecule has 0 spiro atoms. The highest BCUT2D eigenvalue weighted by atomic mass is 16.6. The lowest BCUT2D eigenvalue weighted by Crippen LogP contribution is -1.89. The number of fused-ring (bicyclic) bond motifs is 1. The van der Waals surface area contributed by atoms with Gasteiger partial charge in [-0.05, 0) is 23.8 Å². The summed E-state index contributed by atoms with van der Waals surface area (Å²) in [5, 5.41) is 10.9. The normalized spacial score (nSPS) is 15.0. The van der Waals surface area contributed by atoms with Crippen molar-refractivity contribution in [1.82, 2.24) is 0 Å². The van der Waals surface area contributed by atoms with Crippen LogP contribution in [-0.4, -0.2) is 6.21 Å². The van der Waals surface area contributed by atoms with Crippen LogP contribution in [0.15, 0.2) is 88.5 Å². The van der Waals surface area contributed by atoms with Crippen LogP contribution in [0.2, 0.25) is 0 Å². The standard InChI is InChI=1S/C16H15N3O/c1-2-4-6-10-14-17-18-19-20-16-13-9-8-12-15(16)11-7-5-3-1/h1-10,12-14H,11H2. The second-order valence-electron chi connectivity index (χ2n) is 3.92. The third-order valence-corrected chi connectivity index (χ3v) is 2.49. The minimum Gasteiger partial charge on any atom is -0.338 e. The van der Waals surface area contributed by atoms with Gasteiger partial charge in [-0.2, -0.15) is 0 Å². The molecule has 0 atom stereocenters. The maximum atomic E-state index is 5.24. The number of hydrogen-bond donors (Lipinski definition) is 0. The zero-order valence-corrected chi connectivity index (χ0v) is 11.0. The van der Waals surface area contributed by atoms with Crippen LogP contribution in [0.4, 0.5) is 0 Å². The van der Waals surface area contributed by atoms with Gasteiger partial charge in [0.1, 0.15) is 0 Å². The average Bonchev–Trinajstić information content (AvgIpc) is 2.47. The van der Waals surface area contributed by atoms with Crippen LogP contribution >= 0.6 is 0 Å².